The lowest BCUT2D eigenvalue weighted by atomic mass is 9.76. The second-order valence-electron chi connectivity index (χ2n) is 6.31. The monoisotopic (exact) mass is 282 g/mol. The molecule has 0 bridgehead atoms. The van der Waals surface area contributed by atoms with Crippen LogP contribution >= 0.6 is 0 Å². The molecule has 0 saturated heterocycles. The van der Waals surface area contributed by atoms with Gasteiger partial charge < -0.3 is 8.83 Å². The Balaban J connectivity index is 2.54. The maximum Gasteiger partial charge on any atom is 0.518 e. The summed E-state index contributed by atoms with van der Waals surface area (Å²) >= 11 is 0. The Morgan fingerprint density at radius 1 is 1.00 bits per heavy atom. The molecule has 1 heterocycles. The van der Waals surface area contributed by atoms with Crippen molar-refractivity contribution in [3.8, 4) is 0 Å². The quantitative estimate of drug-likeness (QED) is 0.515. The van der Waals surface area contributed by atoms with Gasteiger partial charge in [-0.25, -0.2) is 4.79 Å². The number of hydrogen-bond donors (Lipinski definition) is 0. The molecule has 1 rings (SSSR count). The fourth-order valence-corrected chi connectivity index (χ4v) is 2.85. The van der Waals surface area contributed by atoms with Gasteiger partial charge in [-0.05, 0) is 18.3 Å². The summed E-state index contributed by atoms with van der Waals surface area (Å²) in [6, 6.07) is 0. The Bertz CT molecular complexity index is 404. The van der Waals surface area contributed by atoms with Crippen LogP contribution in [-0.4, -0.2) is 0 Å². The summed E-state index contributed by atoms with van der Waals surface area (Å²) in [5.41, 5.74) is 0.225. The van der Waals surface area contributed by atoms with Gasteiger partial charge in [-0.1, -0.05) is 65.7 Å². The lowest BCUT2D eigenvalue weighted by Gasteiger charge is -2.28. The zero-order chi connectivity index (χ0) is 14.8. The largest absolute Gasteiger partial charge is 0.518 e. The van der Waals surface area contributed by atoms with Gasteiger partial charge in [-0.2, -0.15) is 0 Å². The molecule has 3 nitrogen and oxygen atoms in total. The topological polar surface area (TPSA) is 43.4 Å². The molecule has 1 unspecified atom stereocenters. The van der Waals surface area contributed by atoms with E-state index in [-0.39, 0.29) is 5.41 Å². The van der Waals surface area contributed by atoms with Crippen molar-refractivity contribution in [2.75, 3.05) is 0 Å². The summed E-state index contributed by atoms with van der Waals surface area (Å²) in [5, 5.41) is 0. The third-order valence-corrected chi connectivity index (χ3v) is 4.12. The zero-order valence-corrected chi connectivity index (χ0v) is 13.4. The highest BCUT2D eigenvalue weighted by atomic mass is 16.6. The molecule has 0 spiro atoms. The molecule has 0 amide bonds. The Kier molecular flexibility index (Phi) is 7.71. The van der Waals surface area contributed by atoms with Crippen LogP contribution < -0.4 is 5.82 Å². The first-order chi connectivity index (χ1) is 9.59. The summed E-state index contributed by atoms with van der Waals surface area (Å²) < 4.78 is 9.85. The van der Waals surface area contributed by atoms with E-state index in [2.05, 4.69) is 20.8 Å². The first-order valence-electron chi connectivity index (χ1n) is 8.17. The van der Waals surface area contributed by atoms with Crippen molar-refractivity contribution in [1.29, 1.82) is 0 Å². The van der Waals surface area contributed by atoms with Gasteiger partial charge in [0.1, 0.15) is 12.0 Å². The van der Waals surface area contributed by atoms with Crippen LogP contribution in [-0.2, 0) is 6.42 Å². The molecule has 3 heteroatoms. The van der Waals surface area contributed by atoms with Crippen molar-refractivity contribution >= 4 is 0 Å². The predicted molar refractivity (Wildman–Crippen MR) is 82.0 cm³/mol. The molecule has 1 aromatic heterocycles. The van der Waals surface area contributed by atoms with Gasteiger partial charge in [0.25, 0.3) is 0 Å². The van der Waals surface area contributed by atoms with Crippen molar-refractivity contribution in [3.63, 3.8) is 0 Å². The molecule has 0 radical (unpaired) electrons. The van der Waals surface area contributed by atoms with Crippen LogP contribution in [0.25, 0.3) is 0 Å². The summed E-state index contributed by atoms with van der Waals surface area (Å²) in [5.74, 6) is 0.117. The van der Waals surface area contributed by atoms with Gasteiger partial charge >= 0.3 is 5.82 Å². The van der Waals surface area contributed by atoms with Gasteiger partial charge in [-0.15, -0.1) is 0 Å². The number of unbranched alkanes of at least 4 members (excludes halogenated alkanes) is 5. The normalized spacial score (nSPS) is 14.3. The number of rotatable bonds is 11. The van der Waals surface area contributed by atoms with E-state index in [1.54, 1.807) is 0 Å². The van der Waals surface area contributed by atoms with E-state index in [1.165, 1.54) is 64.1 Å². The average molecular weight is 282 g/mol. The van der Waals surface area contributed by atoms with Crippen molar-refractivity contribution in [2.24, 2.45) is 5.41 Å². The molecule has 116 valence electrons. The lowest BCUT2D eigenvalue weighted by molar-refractivity contribution is 0.231. The minimum atomic E-state index is -0.582. The van der Waals surface area contributed by atoms with E-state index in [4.69, 9.17) is 8.83 Å². The van der Waals surface area contributed by atoms with E-state index in [1.807, 2.05) is 0 Å². The minimum absolute atomic E-state index is 0.225. The van der Waals surface area contributed by atoms with Gasteiger partial charge in [0.05, 0.1) is 0 Å². The Hall–Kier alpha value is -0.990. The maximum atomic E-state index is 11.0. The van der Waals surface area contributed by atoms with Crippen LogP contribution in [0.4, 0.5) is 0 Å². The molecule has 0 fully saturated rings. The maximum absolute atomic E-state index is 11.0. The molecule has 0 aromatic carbocycles. The molecule has 1 atom stereocenters. The first kappa shape index (κ1) is 17.1. The minimum Gasteiger partial charge on any atom is -0.399 e. The molecular formula is C17H30O3. The second kappa shape index (κ2) is 9.04. The Morgan fingerprint density at radius 3 is 2.15 bits per heavy atom. The van der Waals surface area contributed by atoms with Crippen LogP contribution in [0.15, 0.2) is 19.9 Å². The van der Waals surface area contributed by atoms with Crippen molar-refractivity contribution in [1.82, 2.24) is 0 Å². The highest BCUT2D eigenvalue weighted by molar-refractivity contribution is 4.93. The van der Waals surface area contributed by atoms with Crippen LogP contribution in [0.3, 0.4) is 0 Å². The molecule has 0 aliphatic heterocycles. The highest BCUT2D eigenvalue weighted by Crippen LogP contribution is 2.34. The van der Waals surface area contributed by atoms with E-state index in [0.717, 1.165) is 6.42 Å². The standard InChI is InChI=1S/C17H30O3/c1-4-6-8-10-12-17(3,11-9-7-5-2)13-15-14-19-16(18)20-15/h14H,4-13H2,1-3H3. The number of hydrogen-bond acceptors (Lipinski definition) is 3. The first-order valence-corrected chi connectivity index (χ1v) is 8.17. The predicted octanol–water partition coefficient (Wildman–Crippen LogP) is 5.33. The molecular weight excluding hydrogens is 252 g/mol. The molecule has 0 aliphatic carbocycles. The van der Waals surface area contributed by atoms with E-state index in [0.29, 0.717) is 5.76 Å². The van der Waals surface area contributed by atoms with Crippen molar-refractivity contribution in [2.45, 2.75) is 85.0 Å². The van der Waals surface area contributed by atoms with E-state index in [9.17, 15) is 4.79 Å². The SMILES string of the molecule is CCCCCCC(C)(CCCCC)Cc1coc(=O)o1. The Morgan fingerprint density at radius 2 is 1.60 bits per heavy atom. The zero-order valence-electron chi connectivity index (χ0n) is 13.4. The van der Waals surface area contributed by atoms with Crippen molar-refractivity contribution < 1.29 is 8.83 Å². The van der Waals surface area contributed by atoms with Crippen LogP contribution in [0.1, 0.15) is 84.3 Å². The van der Waals surface area contributed by atoms with Crippen LogP contribution in [0, 0.1) is 5.41 Å². The van der Waals surface area contributed by atoms with Gasteiger partial charge in [0.15, 0.2) is 0 Å². The second-order valence-corrected chi connectivity index (χ2v) is 6.31. The van der Waals surface area contributed by atoms with Crippen LogP contribution in [0.2, 0.25) is 0 Å². The molecule has 0 aliphatic rings. The highest BCUT2D eigenvalue weighted by Gasteiger charge is 2.25. The van der Waals surface area contributed by atoms with Gasteiger partial charge in [0, 0.05) is 6.42 Å². The molecule has 20 heavy (non-hydrogen) atoms. The summed E-state index contributed by atoms with van der Waals surface area (Å²) in [4.78, 5) is 11.0. The van der Waals surface area contributed by atoms with Gasteiger partial charge in [-0.3, -0.25) is 0 Å². The fraction of sp³-hybridized carbons (Fsp3) is 0.824. The summed E-state index contributed by atoms with van der Waals surface area (Å²) in [6.45, 7) is 6.79. The third kappa shape index (κ3) is 6.44. The lowest BCUT2D eigenvalue weighted by Crippen LogP contribution is -2.20. The fourth-order valence-electron chi connectivity index (χ4n) is 2.85. The van der Waals surface area contributed by atoms with Crippen molar-refractivity contribution in [3.05, 3.63) is 22.6 Å². The summed E-state index contributed by atoms with van der Waals surface area (Å²) in [6.07, 6.45) is 13.6. The third-order valence-electron chi connectivity index (χ3n) is 4.12. The smallest absolute Gasteiger partial charge is 0.399 e. The Labute approximate surface area is 122 Å². The average Bonchev–Trinajstić information content (AvgIpc) is 2.80. The van der Waals surface area contributed by atoms with E-state index < -0.39 is 5.82 Å². The summed E-state index contributed by atoms with van der Waals surface area (Å²) in [7, 11) is 0. The molecule has 1 aromatic rings. The van der Waals surface area contributed by atoms with E-state index >= 15 is 0 Å². The van der Waals surface area contributed by atoms with Gasteiger partial charge in [0.2, 0.25) is 0 Å². The van der Waals surface area contributed by atoms with Crippen LogP contribution in [0.5, 0.6) is 0 Å². The molecule has 0 saturated carbocycles. The molecule has 0 N–H and O–H groups in total.